The van der Waals surface area contributed by atoms with Crippen LogP contribution in [0.4, 0.5) is 4.79 Å². The molecule has 2 atom stereocenters. The fraction of sp³-hybridized carbons (Fsp3) is 0.350. The SMILES string of the molecule is CSCC[C@@H](NC(=O)C[C@@H]1NC(=O)N(Cc2ccco2)C1=O)c1nnc2ccccn12. The highest BCUT2D eigenvalue weighted by Crippen LogP contribution is 2.20. The summed E-state index contributed by atoms with van der Waals surface area (Å²) in [6, 6.07) is 7.11. The van der Waals surface area contributed by atoms with E-state index in [1.807, 2.05) is 35.1 Å². The molecular formula is C20H22N6O4S. The van der Waals surface area contributed by atoms with Crippen molar-refractivity contribution in [2.45, 2.75) is 31.5 Å². The maximum absolute atomic E-state index is 12.8. The van der Waals surface area contributed by atoms with E-state index in [-0.39, 0.29) is 24.9 Å². The molecule has 2 N–H and O–H groups in total. The first-order valence-corrected chi connectivity index (χ1v) is 11.2. The predicted octanol–water partition coefficient (Wildman–Crippen LogP) is 1.74. The highest BCUT2D eigenvalue weighted by molar-refractivity contribution is 7.98. The lowest BCUT2D eigenvalue weighted by atomic mass is 10.1. The Bertz CT molecular complexity index is 1080. The van der Waals surface area contributed by atoms with E-state index in [1.165, 1.54) is 6.26 Å². The van der Waals surface area contributed by atoms with Crippen LogP contribution < -0.4 is 10.6 Å². The number of nitrogens with zero attached hydrogens (tertiary/aromatic N) is 4. The number of urea groups is 1. The largest absolute Gasteiger partial charge is 0.467 e. The number of carbonyl (C=O) groups excluding carboxylic acids is 3. The van der Waals surface area contributed by atoms with Crippen LogP contribution in [0.15, 0.2) is 47.2 Å². The molecule has 0 aromatic carbocycles. The second-order valence-electron chi connectivity index (χ2n) is 7.10. The minimum Gasteiger partial charge on any atom is -0.467 e. The molecule has 0 saturated carbocycles. The van der Waals surface area contributed by atoms with Gasteiger partial charge in [0.1, 0.15) is 11.8 Å². The number of hydrogen-bond acceptors (Lipinski definition) is 7. The number of aromatic nitrogens is 3. The third-order valence-corrected chi connectivity index (χ3v) is 5.63. The molecule has 11 heteroatoms. The molecule has 1 saturated heterocycles. The molecule has 1 fully saturated rings. The molecule has 1 aliphatic rings. The zero-order valence-corrected chi connectivity index (χ0v) is 17.7. The van der Waals surface area contributed by atoms with Crippen molar-refractivity contribution in [1.82, 2.24) is 30.1 Å². The quantitative estimate of drug-likeness (QED) is 0.484. The lowest BCUT2D eigenvalue weighted by molar-refractivity contribution is -0.131. The Morgan fingerprint density at radius 2 is 2.16 bits per heavy atom. The van der Waals surface area contributed by atoms with Crippen LogP contribution >= 0.6 is 11.8 Å². The van der Waals surface area contributed by atoms with E-state index in [1.54, 1.807) is 23.9 Å². The summed E-state index contributed by atoms with van der Waals surface area (Å²) < 4.78 is 7.04. The van der Waals surface area contributed by atoms with Crippen LogP contribution in [0.1, 0.15) is 30.5 Å². The molecule has 3 aromatic rings. The first-order chi connectivity index (χ1) is 15.1. The third kappa shape index (κ3) is 4.55. The number of rotatable bonds is 9. The zero-order valence-electron chi connectivity index (χ0n) is 16.9. The molecule has 4 rings (SSSR count). The normalized spacial score (nSPS) is 17.2. The number of hydrogen-bond donors (Lipinski definition) is 2. The van der Waals surface area contributed by atoms with Gasteiger partial charge in [0.25, 0.3) is 5.91 Å². The molecule has 4 amide bonds. The Morgan fingerprint density at radius 3 is 2.94 bits per heavy atom. The maximum Gasteiger partial charge on any atom is 0.325 e. The third-order valence-electron chi connectivity index (χ3n) is 4.99. The smallest absolute Gasteiger partial charge is 0.325 e. The fourth-order valence-corrected chi connectivity index (χ4v) is 3.93. The van der Waals surface area contributed by atoms with Crippen molar-refractivity contribution >= 4 is 35.3 Å². The van der Waals surface area contributed by atoms with Crippen molar-refractivity contribution in [3.63, 3.8) is 0 Å². The van der Waals surface area contributed by atoms with Crippen molar-refractivity contribution in [2.75, 3.05) is 12.0 Å². The standard InChI is InChI=1S/C20H22N6O4S/c1-31-10-7-14(18-24-23-16-6-2-3-8-25(16)18)21-17(27)11-15-19(28)26(20(29)22-15)12-13-5-4-9-30-13/h2-6,8-9,14-15H,7,10-12H2,1H3,(H,21,27)(H,22,29)/t14-,15+/m1/s1. The van der Waals surface area contributed by atoms with Gasteiger partial charge >= 0.3 is 6.03 Å². The number of fused-ring (bicyclic) bond motifs is 1. The molecule has 0 spiro atoms. The lowest BCUT2D eigenvalue weighted by Crippen LogP contribution is -2.38. The van der Waals surface area contributed by atoms with E-state index >= 15 is 0 Å². The summed E-state index contributed by atoms with van der Waals surface area (Å²) in [5.74, 6) is 1.12. The maximum atomic E-state index is 12.8. The van der Waals surface area contributed by atoms with Gasteiger partial charge in [0.2, 0.25) is 5.91 Å². The van der Waals surface area contributed by atoms with Crippen molar-refractivity contribution in [3.8, 4) is 0 Å². The lowest BCUT2D eigenvalue weighted by Gasteiger charge is -2.18. The van der Waals surface area contributed by atoms with E-state index < -0.39 is 18.0 Å². The summed E-state index contributed by atoms with van der Waals surface area (Å²) in [7, 11) is 0. The summed E-state index contributed by atoms with van der Waals surface area (Å²) in [6.07, 6.45) is 5.79. The summed E-state index contributed by atoms with van der Waals surface area (Å²) >= 11 is 1.66. The number of amides is 4. The van der Waals surface area contributed by atoms with E-state index in [0.717, 1.165) is 10.7 Å². The van der Waals surface area contributed by atoms with Crippen molar-refractivity contribution in [1.29, 1.82) is 0 Å². The molecule has 0 bridgehead atoms. The van der Waals surface area contributed by atoms with Gasteiger partial charge in [-0.2, -0.15) is 11.8 Å². The number of thioether (sulfide) groups is 1. The number of nitrogens with one attached hydrogen (secondary N) is 2. The Kier molecular flexibility index (Phi) is 6.21. The van der Waals surface area contributed by atoms with Gasteiger partial charge < -0.3 is 15.1 Å². The molecule has 4 heterocycles. The summed E-state index contributed by atoms with van der Waals surface area (Å²) in [4.78, 5) is 38.6. The summed E-state index contributed by atoms with van der Waals surface area (Å²) in [5, 5.41) is 13.9. The van der Waals surface area contributed by atoms with Gasteiger partial charge in [0.05, 0.1) is 25.3 Å². The van der Waals surface area contributed by atoms with Gasteiger partial charge in [-0.25, -0.2) is 4.79 Å². The number of furan rings is 1. The van der Waals surface area contributed by atoms with Crippen molar-refractivity contribution < 1.29 is 18.8 Å². The van der Waals surface area contributed by atoms with Gasteiger partial charge in [0.15, 0.2) is 11.5 Å². The molecule has 0 unspecified atom stereocenters. The van der Waals surface area contributed by atoms with Crippen LogP contribution in [0.25, 0.3) is 5.65 Å². The van der Waals surface area contributed by atoms with Crippen LogP contribution in [-0.2, 0) is 16.1 Å². The van der Waals surface area contributed by atoms with E-state index in [9.17, 15) is 14.4 Å². The highest BCUT2D eigenvalue weighted by Gasteiger charge is 2.39. The second kappa shape index (κ2) is 9.21. The molecule has 3 aromatic heterocycles. The molecular weight excluding hydrogens is 420 g/mol. The Morgan fingerprint density at radius 1 is 1.29 bits per heavy atom. The second-order valence-corrected chi connectivity index (χ2v) is 8.08. The molecule has 0 aliphatic carbocycles. The van der Waals surface area contributed by atoms with Crippen molar-refractivity contribution in [3.05, 3.63) is 54.4 Å². The van der Waals surface area contributed by atoms with Gasteiger partial charge in [-0.1, -0.05) is 6.07 Å². The Balaban J connectivity index is 1.43. The van der Waals surface area contributed by atoms with Crippen LogP contribution in [-0.4, -0.2) is 55.4 Å². The summed E-state index contributed by atoms with van der Waals surface area (Å²) in [6.45, 7) is 0.0257. The minimum absolute atomic E-state index is 0.0257. The topological polar surface area (TPSA) is 122 Å². The zero-order chi connectivity index (χ0) is 21.8. The predicted molar refractivity (Wildman–Crippen MR) is 113 cm³/mol. The molecule has 31 heavy (non-hydrogen) atoms. The average molecular weight is 443 g/mol. The summed E-state index contributed by atoms with van der Waals surface area (Å²) in [5.41, 5.74) is 0.688. The molecule has 0 radical (unpaired) electrons. The van der Waals surface area contributed by atoms with Gasteiger partial charge in [-0.3, -0.25) is 18.9 Å². The highest BCUT2D eigenvalue weighted by atomic mass is 32.2. The minimum atomic E-state index is -0.918. The van der Waals surface area contributed by atoms with E-state index in [4.69, 9.17) is 4.42 Å². The molecule has 1 aliphatic heterocycles. The van der Waals surface area contributed by atoms with Gasteiger partial charge in [0, 0.05) is 6.20 Å². The van der Waals surface area contributed by atoms with Crippen LogP contribution in [0, 0.1) is 0 Å². The van der Waals surface area contributed by atoms with E-state index in [0.29, 0.717) is 23.7 Å². The number of imide groups is 1. The molecule has 10 nitrogen and oxygen atoms in total. The molecule has 162 valence electrons. The van der Waals surface area contributed by atoms with E-state index in [2.05, 4.69) is 20.8 Å². The van der Waals surface area contributed by atoms with Crippen molar-refractivity contribution in [2.24, 2.45) is 0 Å². The van der Waals surface area contributed by atoms with Gasteiger partial charge in [-0.05, 0) is 42.7 Å². The average Bonchev–Trinajstić information content (AvgIpc) is 3.48. The van der Waals surface area contributed by atoms with Crippen LogP contribution in [0.2, 0.25) is 0 Å². The first-order valence-electron chi connectivity index (χ1n) is 9.79. The monoisotopic (exact) mass is 442 g/mol. The first kappa shape index (κ1) is 20.9. The Labute approximate surface area is 182 Å². The number of carbonyl (C=O) groups is 3. The van der Waals surface area contributed by atoms with Gasteiger partial charge in [-0.15, -0.1) is 10.2 Å². The van der Waals surface area contributed by atoms with Crippen LogP contribution in [0.5, 0.6) is 0 Å². The number of pyridine rings is 1. The van der Waals surface area contributed by atoms with Crippen LogP contribution in [0.3, 0.4) is 0 Å². The Hall–Kier alpha value is -3.34. The fourth-order valence-electron chi connectivity index (χ4n) is 3.46.